The standard InChI is InChI=1S/C6H15NOS/c1-3-6(8,9)4-5-7-2/h7-9H,3-5H2,1-2H3. The van der Waals surface area contributed by atoms with E-state index in [0.29, 0.717) is 12.8 Å². The molecule has 0 bridgehead atoms. The minimum atomic E-state index is -0.775. The molecule has 56 valence electrons. The summed E-state index contributed by atoms with van der Waals surface area (Å²) in [6.45, 7) is 2.73. The first-order valence-electron chi connectivity index (χ1n) is 3.21. The van der Waals surface area contributed by atoms with Gasteiger partial charge in [0, 0.05) is 0 Å². The monoisotopic (exact) mass is 149 g/mol. The lowest BCUT2D eigenvalue weighted by atomic mass is 10.2. The first-order chi connectivity index (χ1) is 4.12. The maximum Gasteiger partial charge on any atom is 0.108 e. The second-order valence-corrected chi connectivity index (χ2v) is 3.02. The molecule has 0 aromatic carbocycles. The highest BCUT2D eigenvalue weighted by Gasteiger charge is 2.16. The zero-order chi connectivity index (χ0) is 7.33. The van der Waals surface area contributed by atoms with Crippen molar-refractivity contribution in [3.05, 3.63) is 0 Å². The molecular formula is C6H15NOS. The molecular weight excluding hydrogens is 134 g/mol. The lowest BCUT2D eigenvalue weighted by Crippen LogP contribution is -2.25. The van der Waals surface area contributed by atoms with Crippen molar-refractivity contribution in [3.8, 4) is 0 Å². The van der Waals surface area contributed by atoms with Crippen LogP contribution in [0, 0.1) is 0 Å². The number of aliphatic hydroxyl groups is 1. The van der Waals surface area contributed by atoms with E-state index in [2.05, 4.69) is 17.9 Å². The van der Waals surface area contributed by atoms with Gasteiger partial charge in [-0.05, 0) is 26.4 Å². The van der Waals surface area contributed by atoms with Crippen LogP contribution >= 0.6 is 12.6 Å². The van der Waals surface area contributed by atoms with Crippen molar-refractivity contribution < 1.29 is 5.11 Å². The molecule has 0 rings (SSSR count). The minimum Gasteiger partial charge on any atom is -0.380 e. The van der Waals surface area contributed by atoms with Crippen molar-refractivity contribution in [2.75, 3.05) is 13.6 Å². The summed E-state index contributed by atoms with van der Waals surface area (Å²) >= 11 is 4.04. The third-order valence-electron chi connectivity index (χ3n) is 1.34. The Bertz CT molecular complexity index is 75.5. The van der Waals surface area contributed by atoms with Crippen LogP contribution in [0.25, 0.3) is 0 Å². The number of hydrogen-bond donors (Lipinski definition) is 3. The van der Waals surface area contributed by atoms with Gasteiger partial charge in [-0.2, -0.15) is 0 Å². The van der Waals surface area contributed by atoms with E-state index in [4.69, 9.17) is 0 Å². The summed E-state index contributed by atoms with van der Waals surface area (Å²) in [4.78, 5) is -0.775. The van der Waals surface area contributed by atoms with Gasteiger partial charge in [0.1, 0.15) is 4.93 Å². The summed E-state index contributed by atoms with van der Waals surface area (Å²) in [5.41, 5.74) is 0. The Morgan fingerprint density at radius 1 is 1.67 bits per heavy atom. The summed E-state index contributed by atoms with van der Waals surface area (Å²) in [5, 5.41) is 12.2. The van der Waals surface area contributed by atoms with Crippen LogP contribution in [0.3, 0.4) is 0 Å². The van der Waals surface area contributed by atoms with Crippen molar-refractivity contribution >= 4 is 12.6 Å². The predicted octanol–water partition coefficient (Wildman–Crippen LogP) is 0.624. The molecule has 0 saturated heterocycles. The number of thiol groups is 1. The van der Waals surface area contributed by atoms with Crippen molar-refractivity contribution in [2.24, 2.45) is 0 Å². The van der Waals surface area contributed by atoms with Crippen LogP contribution in [0.15, 0.2) is 0 Å². The lowest BCUT2D eigenvalue weighted by molar-refractivity contribution is 0.126. The van der Waals surface area contributed by atoms with E-state index in [1.807, 2.05) is 14.0 Å². The van der Waals surface area contributed by atoms with Crippen molar-refractivity contribution in [1.29, 1.82) is 0 Å². The van der Waals surface area contributed by atoms with E-state index in [1.54, 1.807) is 0 Å². The molecule has 1 unspecified atom stereocenters. The number of rotatable bonds is 4. The molecule has 0 heterocycles. The molecule has 0 aromatic rings. The van der Waals surface area contributed by atoms with Gasteiger partial charge >= 0.3 is 0 Å². The van der Waals surface area contributed by atoms with Crippen LogP contribution in [0.1, 0.15) is 19.8 Å². The smallest absolute Gasteiger partial charge is 0.108 e. The Labute approximate surface area is 62.1 Å². The molecule has 0 radical (unpaired) electrons. The molecule has 1 atom stereocenters. The molecule has 0 amide bonds. The van der Waals surface area contributed by atoms with E-state index in [-0.39, 0.29) is 0 Å². The van der Waals surface area contributed by atoms with Gasteiger partial charge in [-0.1, -0.05) is 6.92 Å². The van der Waals surface area contributed by atoms with Crippen LogP contribution in [-0.2, 0) is 0 Å². The fourth-order valence-electron chi connectivity index (χ4n) is 0.502. The molecule has 0 saturated carbocycles. The van der Waals surface area contributed by atoms with Gasteiger partial charge < -0.3 is 10.4 Å². The highest BCUT2D eigenvalue weighted by Crippen LogP contribution is 2.17. The summed E-state index contributed by atoms with van der Waals surface area (Å²) in [6, 6.07) is 0. The SMILES string of the molecule is CCC(O)(S)CCNC. The highest BCUT2D eigenvalue weighted by molar-refractivity contribution is 7.81. The fourth-order valence-corrected chi connectivity index (χ4v) is 0.614. The van der Waals surface area contributed by atoms with Crippen molar-refractivity contribution in [3.63, 3.8) is 0 Å². The molecule has 0 aliphatic heterocycles. The van der Waals surface area contributed by atoms with Gasteiger partial charge in [0.05, 0.1) is 0 Å². The molecule has 0 aliphatic rings. The van der Waals surface area contributed by atoms with Gasteiger partial charge in [0.2, 0.25) is 0 Å². The Balaban J connectivity index is 3.33. The fraction of sp³-hybridized carbons (Fsp3) is 1.00. The van der Waals surface area contributed by atoms with Crippen molar-refractivity contribution in [1.82, 2.24) is 5.32 Å². The molecule has 2 N–H and O–H groups in total. The second-order valence-electron chi connectivity index (χ2n) is 2.19. The second kappa shape index (κ2) is 4.14. The first-order valence-corrected chi connectivity index (χ1v) is 3.66. The predicted molar refractivity (Wildman–Crippen MR) is 42.8 cm³/mol. The third kappa shape index (κ3) is 4.75. The topological polar surface area (TPSA) is 32.3 Å². The third-order valence-corrected chi connectivity index (χ3v) is 1.88. The van der Waals surface area contributed by atoms with Gasteiger partial charge in [0.25, 0.3) is 0 Å². The maximum absolute atomic E-state index is 9.28. The van der Waals surface area contributed by atoms with Crippen LogP contribution in [0.2, 0.25) is 0 Å². The number of hydrogen-bond acceptors (Lipinski definition) is 3. The molecule has 0 fully saturated rings. The van der Waals surface area contributed by atoms with Crippen molar-refractivity contribution in [2.45, 2.75) is 24.7 Å². The molecule has 0 aromatic heterocycles. The largest absolute Gasteiger partial charge is 0.380 e. The normalized spacial score (nSPS) is 17.3. The average Bonchev–Trinajstić information content (AvgIpc) is 1.84. The summed E-state index contributed by atoms with van der Waals surface area (Å²) < 4.78 is 0. The zero-order valence-electron chi connectivity index (χ0n) is 6.02. The Kier molecular flexibility index (Phi) is 4.27. The Morgan fingerprint density at radius 2 is 2.22 bits per heavy atom. The van der Waals surface area contributed by atoms with E-state index >= 15 is 0 Å². The van der Waals surface area contributed by atoms with Crippen LogP contribution in [-0.4, -0.2) is 23.6 Å². The first kappa shape index (κ1) is 9.27. The summed E-state index contributed by atoms with van der Waals surface area (Å²) in [5.74, 6) is 0. The van der Waals surface area contributed by atoms with E-state index in [0.717, 1.165) is 6.54 Å². The summed E-state index contributed by atoms with van der Waals surface area (Å²) in [6.07, 6.45) is 1.39. The van der Waals surface area contributed by atoms with Gasteiger partial charge in [0.15, 0.2) is 0 Å². The molecule has 0 spiro atoms. The van der Waals surface area contributed by atoms with E-state index in [9.17, 15) is 5.11 Å². The van der Waals surface area contributed by atoms with E-state index < -0.39 is 4.93 Å². The lowest BCUT2D eigenvalue weighted by Gasteiger charge is -2.19. The minimum absolute atomic E-state index is 0.692. The van der Waals surface area contributed by atoms with Crippen LogP contribution in [0.4, 0.5) is 0 Å². The van der Waals surface area contributed by atoms with Gasteiger partial charge in [-0.15, -0.1) is 12.6 Å². The Morgan fingerprint density at radius 3 is 2.56 bits per heavy atom. The summed E-state index contributed by atoms with van der Waals surface area (Å²) in [7, 11) is 1.86. The molecule has 0 aliphatic carbocycles. The Hall–Kier alpha value is 0.270. The maximum atomic E-state index is 9.28. The molecule has 9 heavy (non-hydrogen) atoms. The molecule has 3 heteroatoms. The average molecular weight is 149 g/mol. The highest BCUT2D eigenvalue weighted by atomic mass is 32.1. The van der Waals surface area contributed by atoms with Gasteiger partial charge in [-0.25, -0.2) is 0 Å². The number of nitrogens with one attached hydrogen (secondary N) is 1. The quantitative estimate of drug-likeness (QED) is 0.404. The van der Waals surface area contributed by atoms with Crippen LogP contribution in [0.5, 0.6) is 0 Å². The van der Waals surface area contributed by atoms with Crippen LogP contribution < -0.4 is 5.32 Å². The molecule has 2 nitrogen and oxygen atoms in total. The zero-order valence-corrected chi connectivity index (χ0v) is 6.91. The van der Waals surface area contributed by atoms with E-state index in [1.165, 1.54) is 0 Å². The van der Waals surface area contributed by atoms with Gasteiger partial charge in [-0.3, -0.25) is 0 Å².